The van der Waals surface area contributed by atoms with Crippen LogP contribution in [0.4, 0.5) is 14.5 Å². The van der Waals surface area contributed by atoms with Crippen LogP contribution in [-0.4, -0.2) is 18.7 Å². The average molecular weight is 474 g/mol. The molecule has 0 bridgehead atoms. The number of fused-ring (bicyclic) bond motifs is 1. The van der Waals surface area contributed by atoms with Crippen molar-refractivity contribution in [3.8, 4) is 22.6 Å². The van der Waals surface area contributed by atoms with Crippen molar-refractivity contribution >= 4 is 26.7 Å². The molecule has 0 saturated heterocycles. The second-order valence-corrected chi connectivity index (χ2v) is 10.1. The fourth-order valence-corrected chi connectivity index (χ4v) is 4.03. The van der Waals surface area contributed by atoms with Crippen molar-refractivity contribution in [2.75, 3.05) is 4.72 Å². The molecule has 2 aromatic heterocycles. The molecule has 0 aliphatic heterocycles. The molecular weight excluding hydrogens is 452 g/mol. The Morgan fingerprint density at radius 1 is 1.03 bits per heavy atom. The summed E-state index contributed by atoms with van der Waals surface area (Å²) < 4.78 is 61.4. The molecule has 4 aromatic rings. The lowest BCUT2D eigenvalue weighted by Crippen LogP contribution is -2.31. The van der Waals surface area contributed by atoms with E-state index >= 15 is 0 Å². The smallest absolute Gasteiger partial charge is 0.290 e. The Morgan fingerprint density at radius 2 is 1.76 bits per heavy atom. The number of ether oxygens (including phenoxy) is 1. The molecule has 172 valence electrons. The molecular formula is C23H21F2N3O4S. The first kappa shape index (κ1) is 22.5. The molecule has 2 aromatic carbocycles. The van der Waals surface area contributed by atoms with Gasteiger partial charge in [0.1, 0.15) is 17.3 Å². The highest BCUT2D eigenvalue weighted by Gasteiger charge is 2.21. The van der Waals surface area contributed by atoms with Gasteiger partial charge in [0.15, 0.2) is 11.6 Å². The fourth-order valence-electron chi connectivity index (χ4n) is 3.34. The lowest BCUT2D eigenvalue weighted by molar-refractivity contribution is -0.586. The van der Waals surface area contributed by atoms with E-state index in [-0.39, 0.29) is 17.2 Å². The van der Waals surface area contributed by atoms with Crippen LogP contribution >= 0.6 is 0 Å². The largest absolute Gasteiger partial charge is 0.710 e. The molecule has 0 atom stereocenters. The lowest BCUT2D eigenvalue weighted by atomic mass is 10.0. The van der Waals surface area contributed by atoms with E-state index in [0.29, 0.717) is 33.9 Å². The molecule has 0 spiro atoms. The topological polar surface area (TPSA) is 98.1 Å². The highest BCUT2D eigenvalue weighted by atomic mass is 32.2. The Hall–Kier alpha value is -3.66. The van der Waals surface area contributed by atoms with Gasteiger partial charge in [-0.2, -0.15) is 0 Å². The number of anilines is 1. The summed E-state index contributed by atoms with van der Waals surface area (Å²) in [6, 6.07) is 10.8. The van der Waals surface area contributed by atoms with Crippen molar-refractivity contribution in [1.82, 2.24) is 4.98 Å². The SMILES string of the molecule is Cc1cc(-c2cc(NS(=O)(=O)C(C)C)ccc2Oc2ccc(F)cc2F)c2cc[nH]c2[n+]1[O-]. The Kier molecular flexibility index (Phi) is 5.71. The van der Waals surface area contributed by atoms with E-state index in [1.54, 1.807) is 45.2 Å². The molecule has 0 unspecified atom stereocenters. The minimum Gasteiger partial charge on any atom is -0.710 e. The van der Waals surface area contributed by atoms with E-state index in [4.69, 9.17) is 4.74 Å². The molecule has 2 N–H and O–H groups in total. The molecule has 2 heterocycles. The Labute approximate surface area is 189 Å². The minimum absolute atomic E-state index is 0.193. The zero-order chi connectivity index (χ0) is 23.9. The number of H-pyrrole nitrogens is 1. The molecule has 0 aliphatic carbocycles. The maximum absolute atomic E-state index is 14.3. The zero-order valence-electron chi connectivity index (χ0n) is 18.0. The number of hydrogen-bond donors (Lipinski definition) is 2. The van der Waals surface area contributed by atoms with Crippen molar-refractivity contribution in [3.63, 3.8) is 0 Å². The number of sulfonamides is 1. The van der Waals surface area contributed by atoms with Crippen LogP contribution in [0.1, 0.15) is 19.5 Å². The van der Waals surface area contributed by atoms with E-state index in [1.165, 1.54) is 12.1 Å². The summed E-state index contributed by atoms with van der Waals surface area (Å²) in [5.41, 5.74) is 1.94. The van der Waals surface area contributed by atoms with Gasteiger partial charge in [-0.05, 0) is 63.2 Å². The molecule has 0 fully saturated rings. The highest BCUT2D eigenvalue weighted by molar-refractivity contribution is 7.93. The van der Waals surface area contributed by atoms with Crippen molar-refractivity contribution in [1.29, 1.82) is 0 Å². The first-order chi connectivity index (χ1) is 15.6. The van der Waals surface area contributed by atoms with Crippen molar-refractivity contribution in [3.05, 3.63) is 77.3 Å². The predicted octanol–water partition coefficient (Wildman–Crippen LogP) is 5.00. The number of pyridine rings is 1. The average Bonchev–Trinajstić information content (AvgIpc) is 3.23. The van der Waals surface area contributed by atoms with Gasteiger partial charge in [-0.1, -0.05) is 0 Å². The fraction of sp³-hybridized carbons (Fsp3) is 0.174. The van der Waals surface area contributed by atoms with Gasteiger partial charge in [-0.3, -0.25) is 4.72 Å². The first-order valence-corrected chi connectivity index (χ1v) is 11.6. The van der Waals surface area contributed by atoms with Gasteiger partial charge in [0.25, 0.3) is 5.65 Å². The molecule has 0 saturated carbocycles. The monoisotopic (exact) mass is 473 g/mol. The van der Waals surface area contributed by atoms with Gasteiger partial charge in [0.05, 0.1) is 16.8 Å². The third-order valence-corrected chi connectivity index (χ3v) is 6.92. The van der Waals surface area contributed by atoms with E-state index in [0.717, 1.165) is 16.9 Å². The van der Waals surface area contributed by atoms with Gasteiger partial charge < -0.3 is 9.94 Å². The first-order valence-electron chi connectivity index (χ1n) is 10.1. The lowest BCUT2D eigenvalue weighted by Gasteiger charge is -2.17. The third-order valence-electron chi connectivity index (χ3n) is 5.16. The van der Waals surface area contributed by atoms with Gasteiger partial charge in [0.2, 0.25) is 10.0 Å². The maximum atomic E-state index is 14.3. The van der Waals surface area contributed by atoms with Crippen LogP contribution < -0.4 is 14.2 Å². The van der Waals surface area contributed by atoms with Crippen LogP contribution in [0.15, 0.2) is 54.7 Å². The summed E-state index contributed by atoms with van der Waals surface area (Å²) in [7, 11) is -3.63. The molecule has 7 nitrogen and oxygen atoms in total. The normalized spacial score (nSPS) is 11.8. The van der Waals surface area contributed by atoms with Crippen molar-refractivity contribution in [2.45, 2.75) is 26.0 Å². The number of rotatable bonds is 6. The van der Waals surface area contributed by atoms with Gasteiger partial charge in [-0.15, -0.1) is 0 Å². The quantitative estimate of drug-likeness (QED) is 0.304. The number of nitrogens with one attached hydrogen (secondary N) is 2. The maximum Gasteiger partial charge on any atom is 0.290 e. The number of halogens is 2. The van der Waals surface area contributed by atoms with Gasteiger partial charge >= 0.3 is 0 Å². The number of nitrogens with zero attached hydrogens (tertiary/aromatic N) is 1. The van der Waals surface area contributed by atoms with Crippen LogP contribution in [-0.2, 0) is 10.0 Å². The van der Waals surface area contributed by atoms with E-state index in [9.17, 15) is 22.4 Å². The summed E-state index contributed by atoms with van der Waals surface area (Å²) in [6.07, 6.45) is 1.60. The molecule has 0 amide bonds. The number of benzene rings is 2. The van der Waals surface area contributed by atoms with Crippen LogP contribution in [0.25, 0.3) is 22.2 Å². The van der Waals surface area contributed by atoms with Crippen molar-refractivity contribution in [2.24, 2.45) is 0 Å². The Bertz CT molecular complexity index is 1470. The Balaban J connectivity index is 1.91. The summed E-state index contributed by atoms with van der Waals surface area (Å²) in [5, 5.41) is 12.3. The standard InChI is InChI=1S/C23H21F2N3O4S/c1-13(2)33(30,31)27-16-5-7-21(32-22-6-4-15(24)11-20(22)25)19(12-16)18-10-14(3)28(29)23-17(18)8-9-26-23/h4-13,26-27H,1-3H3. The number of aromatic nitrogens is 2. The van der Waals surface area contributed by atoms with Gasteiger partial charge in [-0.25, -0.2) is 26.9 Å². The van der Waals surface area contributed by atoms with Crippen LogP contribution in [0.2, 0.25) is 0 Å². The Morgan fingerprint density at radius 3 is 2.45 bits per heavy atom. The number of aromatic amines is 1. The summed E-state index contributed by atoms with van der Waals surface area (Å²) in [5.74, 6) is -1.64. The molecule has 0 aliphatic rings. The van der Waals surface area contributed by atoms with Crippen molar-refractivity contribution < 1.29 is 26.7 Å². The number of hydrogen-bond acceptors (Lipinski definition) is 4. The van der Waals surface area contributed by atoms with Crippen LogP contribution in [0, 0.1) is 23.8 Å². The van der Waals surface area contributed by atoms with Gasteiger partial charge in [0, 0.05) is 22.9 Å². The summed E-state index contributed by atoms with van der Waals surface area (Å²) in [4.78, 5) is 2.89. The zero-order valence-corrected chi connectivity index (χ0v) is 18.8. The summed E-state index contributed by atoms with van der Waals surface area (Å²) >= 11 is 0. The second kappa shape index (κ2) is 8.36. The molecule has 10 heteroatoms. The second-order valence-electron chi connectivity index (χ2n) is 7.82. The van der Waals surface area contributed by atoms with Crippen LogP contribution in [0.5, 0.6) is 11.5 Å². The van der Waals surface area contributed by atoms with Crippen LogP contribution in [0.3, 0.4) is 0 Å². The predicted molar refractivity (Wildman–Crippen MR) is 122 cm³/mol. The third kappa shape index (κ3) is 4.34. The molecule has 0 radical (unpaired) electrons. The summed E-state index contributed by atoms with van der Waals surface area (Å²) in [6.45, 7) is 4.73. The highest BCUT2D eigenvalue weighted by Crippen LogP contribution is 2.39. The minimum atomic E-state index is -3.63. The van der Waals surface area contributed by atoms with E-state index in [2.05, 4.69) is 9.71 Å². The number of aryl methyl sites for hydroxylation is 1. The van der Waals surface area contributed by atoms with E-state index < -0.39 is 26.9 Å². The molecule has 4 rings (SSSR count). The van der Waals surface area contributed by atoms with E-state index in [1.807, 2.05) is 0 Å². The molecule has 33 heavy (non-hydrogen) atoms.